The van der Waals surface area contributed by atoms with Gasteiger partial charge in [0, 0.05) is 17.7 Å². The predicted molar refractivity (Wildman–Crippen MR) is 119 cm³/mol. The number of nitro groups is 1. The lowest BCUT2D eigenvalue weighted by Crippen LogP contribution is -2.37. The number of ether oxygens (including phenoxy) is 3. The molecule has 4 rings (SSSR count). The molecule has 12 nitrogen and oxygen atoms in total. The summed E-state index contributed by atoms with van der Waals surface area (Å²) in [6.07, 6.45) is 0. The minimum Gasteiger partial charge on any atom is -0.493 e. The molecule has 0 spiro atoms. The smallest absolute Gasteiger partial charge is 0.360 e. The number of aromatic nitrogens is 4. The molecule has 0 aliphatic carbocycles. The first-order valence-electron chi connectivity index (χ1n) is 9.54. The van der Waals surface area contributed by atoms with Gasteiger partial charge in [-0.2, -0.15) is 9.50 Å². The van der Waals surface area contributed by atoms with Crippen molar-refractivity contribution in [1.82, 2.24) is 19.2 Å². The van der Waals surface area contributed by atoms with Crippen LogP contribution >= 0.6 is 11.3 Å². The van der Waals surface area contributed by atoms with Crippen LogP contribution in [0, 0.1) is 10.1 Å². The third kappa shape index (κ3) is 3.89. The van der Waals surface area contributed by atoms with Gasteiger partial charge in [0.1, 0.15) is 5.01 Å². The number of nitrogens with zero attached hydrogens (tertiary/aromatic N) is 5. The van der Waals surface area contributed by atoms with Crippen LogP contribution in [0.4, 0.5) is 5.69 Å². The molecule has 13 heteroatoms. The Kier molecular flexibility index (Phi) is 5.79. The molecule has 0 saturated carbocycles. The number of fused-ring (bicyclic) bond motifs is 1. The molecule has 33 heavy (non-hydrogen) atoms. The quantitative estimate of drug-likeness (QED) is 0.293. The van der Waals surface area contributed by atoms with E-state index < -0.39 is 16.3 Å². The first kappa shape index (κ1) is 22.0. The van der Waals surface area contributed by atoms with Crippen LogP contribution in [0.15, 0.2) is 46.0 Å². The molecule has 0 saturated heterocycles. The van der Waals surface area contributed by atoms with Crippen molar-refractivity contribution < 1.29 is 19.1 Å². The molecule has 2 heterocycles. The molecule has 0 atom stereocenters. The molecular formula is C20H17N5O7S. The van der Waals surface area contributed by atoms with Crippen LogP contribution < -0.4 is 25.6 Å². The van der Waals surface area contributed by atoms with E-state index in [9.17, 15) is 19.7 Å². The van der Waals surface area contributed by atoms with E-state index in [-0.39, 0.29) is 16.3 Å². The fraction of sp³-hybridized carbons (Fsp3) is 0.200. The zero-order chi connectivity index (χ0) is 23.7. The van der Waals surface area contributed by atoms with Gasteiger partial charge in [0.25, 0.3) is 5.69 Å². The molecule has 0 unspecified atom stereocenters. The second-order valence-corrected chi connectivity index (χ2v) is 7.49. The monoisotopic (exact) mass is 471 g/mol. The summed E-state index contributed by atoms with van der Waals surface area (Å²) >= 11 is 1.03. The molecule has 0 radical (unpaired) electrons. The number of methoxy groups -OCH3 is 2. The maximum absolute atomic E-state index is 13.0. The molecule has 0 fully saturated rings. The maximum Gasteiger partial charge on any atom is 0.360 e. The normalized spacial score (nSPS) is 10.9. The van der Waals surface area contributed by atoms with E-state index in [1.54, 1.807) is 12.1 Å². The number of hydrogen-bond donors (Lipinski definition) is 0. The summed E-state index contributed by atoms with van der Waals surface area (Å²) in [6.45, 7) is 2.24. The number of non-ortho nitro benzene ring substituents is 1. The number of hydrogen-bond acceptors (Lipinski definition) is 10. The van der Waals surface area contributed by atoms with Crippen molar-refractivity contribution in [2.24, 2.45) is 0 Å². The Hall–Kier alpha value is -4.26. The average Bonchev–Trinajstić information content (AvgIpc) is 3.24. The van der Waals surface area contributed by atoms with Crippen LogP contribution in [0.25, 0.3) is 21.2 Å². The van der Waals surface area contributed by atoms with Crippen LogP contribution in [0.3, 0.4) is 0 Å². The first-order valence-corrected chi connectivity index (χ1v) is 10.4. The highest BCUT2D eigenvalue weighted by Gasteiger charge is 2.19. The molecular weight excluding hydrogens is 454 g/mol. The van der Waals surface area contributed by atoms with Crippen molar-refractivity contribution in [1.29, 1.82) is 0 Å². The second kappa shape index (κ2) is 8.70. The van der Waals surface area contributed by atoms with Crippen molar-refractivity contribution in [2.75, 3.05) is 20.8 Å². The Balaban J connectivity index is 1.86. The van der Waals surface area contributed by atoms with Crippen molar-refractivity contribution in [2.45, 2.75) is 6.92 Å². The Morgan fingerprint density at radius 1 is 1.09 bits per heavy atom. The van der Waals surface area contributed by atoms with E-state index in [2.05, 4.69) is 10.1 Å². The minimum atomic E-state index is -0.828. The predicted octanol–water partition coefficient (Wildman–Crippen LogP) is 2.29. The van der Waals surface area contributed by atoms with Crippen LogP contribution in [0.2, 0.25) is 0 Å². The average molecular weight is 471 g/mol. The minimum absolute atomic E-state index is 0.0879. The molecule has 2 aromatic heterocycles. The maximum atomic E-state index is 13.0. The van der Waals surface area contributed by atoms with Gasteiger partial charge in [0.05, 0.1) is 31.4 Å². The molecule has 2 aromatic carbocycles. The Bertz CT molecular complexity index is 1450. The summed E-state index contributed by atoms with van der Waals surface area (Å²) in [7, 11) is 2.98. The Morgan fingerprint density at radius 2 is 1.73 bits per heavy atom. The molecule has 4 aromatic rings. The third-order valence-corrected chi connectivity index (χ3v) is 5.59. The Morgan fingerprint density at radius 3 is 2.27 bits per heavy atom. The topological polar surface area (TPSA) is 140 Å². The summed E-state index contributed by atoms with van der Waals surface area (Å²) in [5, 5.41) is 15.6. The number of rotatable bonds is 7. The van der Waals surface area contributed by atoms with Gasteiger partial charge in [-0.05, 0) is 31.2 Å². The SMILES string of the molecule is CCOc1c(OC)cc(-c2nn3c(=O)n(-c4ccc([N+](=O)[O-])cc4)c(=O)nc3s2)cc1OC. The Labute approximate surface area is 189 Å². The molecule has 170 valence electrons. The highest BCUT2D eigenvalue weighted by atomic mass is 32.1. The molecule has 0 amide bonds. The van der Waals surface area contributed by atoms with Crippen LogP contribution in [-0.2, 0) is 0 Å². The van der Waals surface area contributed by atoms with Crippen molar-refractivity contribution in [3.63, 3.8) is 0 Å². The van der Waals surface area contributed by atoms with Crippen molar-refractivity contribution in [3.8, 4) is 33.5 Å². The summed E-state index contributed by atoms with van der Waals surface area (Å²) in [4.78, 5) is 39.9. The number of benzene rings is 2. The zero-order valence-electron chi connectivity index (χ0n) is 17.7. The van der Waals surface area contributed by atoms with Crippen molar-refractivity contribution >= 4 is 22.0 Å². The van der Waals surface area contributed by atoms with E-state index in [0.717, 1.165) is 20.4 Å². The van der Waals surface area contributed by atoms with E-state index in [1.165, 1.54) is 38.5 Å². The van der Waals surface area contributed by atoms with Crippen LogP contribution in [0.1, 0.15) is 6.92 Å². The second-order valence-electron chi connectivity index (χ2n) is 6.53. The lowest BCUT2D eigenvalue weighted by molar-refractivity contribution is -0.384. The molecule has 0 N–H and O–H groups in total. The fourth-order valence-corrected chi connectivity index (χ4v) is 4.00. The zero-order valence-corrected chi connectivity index (χ0v) is 18.5. The van der Waals surface area contributed by atoms with Gasteiger partial charge < -0.3 is 14.2 Å². The van der Waals surface area contributed by atoms with Gasteiger partial charge in [-0.3, -0.25) is 10.1 Å². The van der Waals surface area contributed by atoms with Gasteiger partial charge in [0.2, 0.25) is 10.7 Å². The fourth-order valence-electron chi connectivity index (χ4n) is 3.14. The van der Waals surface area contributed by atoms with Crippen LogP contribution in [0.5, 0.6) is 17.2 Å². The van der Waals surface area contributed by atoms with Gasteiger partial charge in [-0.25, -0.2) is 14.2 Å². The van der Waals surface area contributed by atoms with Crippen molar-refractivity contribution in [3.05, 3.63) is 67.5 Å². The number of nitro benzene ring substituents is 1. The van der Waals surface area contributed by atoms with Crippen LogP contribution in [-0.4, -0.2) is 44.9 Å². The summed E-state index contributed by atoms with van der Waals surface area (Å²) < 4.78 is 18.2. The molecule has 0 aliphatic rings. The first-order chi connectivity index (χ1) is 15.9. The van der Waals surface area contributed by atoms with Gasteiger partial charge in [-0.1, -0.05) is 11.3 Å². The van der Waals surface area contributed by atoms with Gasteiger partial charge >= 0.3 is 11.4 Å². The standard InChI is InChI=1S/C20H17N5O7S/c1-4-32-16-14(30-2)9-11(10-15(16)31-3)17-22-24-19(33-17)21-18(26)23(20(24)27)12-5-7-13(8-6-12)25(28)29/h5-10H,4H2,1-3H3. The lowest BCUT2D eigenvalue weighted by Gasteiger charge is -2.14. The van der Waals surface area contributed by atoms with Gasteiger partial charge in [0.15, 0.2) is 11.5 Å². The van der Waals surface area contributed by atoms with E-state index in [1.807, 2.05) is 6.92 Å². The third-order valence-electron chi connectivity index (χ3n) is 4.63. The van der Waals surface area contributed by atoms with E-state index in [0.29, 0.717) is 34.4 Å². The van der Waals surface area contributed by atoms with E-state index in [4.69, 9.17) is 14.2 Å². The summed E-state index contributed by atoms with van der Waals surface area (Å²) in [5.74, 6) is 1.26. The molecule has 0 aliphatic heterocycles. The highest BCUT2D eigenvalue weighted by Crippen LogP contribution is 2.42. The van der Waals surface area contributed by atoms with Gasteiger partial charge in [-0.15, -0.1) is 5.10 Å². The van der Waals surface area contributed by atoms with E-state index >= 15 is 0 Å². The summed E-state index contributed by atoms with van der Waals surface area (Å²) in [5.41, 5.74) is -1.06. The lowest BCUT2D eigenvalue weighted by atomic mass is 10.2. The molecule has 0 bridgehead atoms. The largest absolute Gasteiger partial charge is 0.493 e. The highest BCUT2D eigenvalue weighted by molar-refractivity contribution is 7.19. The summed E-state index contributed by atoms with van der Waals surface area (Å²) in [6, 6.07) is 8.34.